The van der Waals surface area contributed by atoms with Crippen LogP contribution in [0, 0.1) is 0 Å². The Kier molecular flexibility index (Phi) is 9.47. The predicted octanol–water partition coefficient (Wildman–Crippen LogP) is 2.17. The van der Waals surface area contributed by atoms with E-state index in [2.05, 4.69) is 5.32 Å². The van der Waals surface area contributed by atoms with Gasteiger partial charge in [0.1, 0.15) is 0 Å². The van der Waals surface area contributed by atoms with Crippen LogP contribution in [0.3, 0.4) is 0 Å². The lowest BCUT2D eigenvalue weighted by Crippen LogP contribution is -2.20. The molecule has 1 rings (SSSR count). The van der Waals surface area contributed by atoms with Crippen LogP contribution in [0.2, 0.25) is 4.34 Å². The highest BCUT2D eigenvalue weighted by Gasteiger charge is 1.97. The smallest absolute Gasteiger partial charge is 0.0931 e. The van der Waals surface area contributed by atoms with Crippen molar-refractivity contribution in [2.24, 2.45) is 0 Å². The van der Waals surface area contributed by atoms with Gasteiger partial charge in [0, 0.05) is 25.1 Å². The molecule has 0 aliphatic heterocycles. The van der Waals surface area contributed by atoms with E-state index >= 15 is 0 Å². The molecule has 1 aromatic heterocycles. The highest BCUT2D eigenvalue weighted by atomic mass is 35.5. The zero-order valence-corrected chi connectivity index (χ0v) is 12.2. The van der Waals surface area contributed by atoms with Crippen molar-refractivity contribution in [3.63, 3.8) is 0 Å². The Balaban J connectivity index is 1.81. The molecule has 0 fully saturated rings. The minimum Gasteiger partial charge on any atom is -0.382 e. The van der Waals surface area contributed by atoms with Gasteiger partial charge < -0.3 is 19.5 Å². The van der Waals surface area contributed by atoms with E-state index in [9.17, 15) is 0 Å². The van der Waals surface area contributed by atoms with Gasteiger partial charge in [0.15, 0.2) is 0 Å². The van der Waals surface area contributed by atoms with Crippen molar-refractivity contribution in [3.8, 4) is 0 Å². The molecule has 0 atom stereocenters. The van der Waals surface area contributed by atoms with Gasteiger partial charge in [-0.05, 0) is 12.1 Å². The van der Waals surface area contributed by atoms with Crippen LogP contribution in [0.5, 0.6) is 0 Å². The number of halogens is 1. The lowest BCUT2D eigenvalue weighted by molar-refractivity contribution is 0.0255. The molecular formula is C12H20ClNO3S. The molecule has 1 heterocycles. The second kappa shape index (κ2) is 10.7. The van der Waals surface area contributed by atoms with Crippen LogP contribution < -0.4 is 5.32 Å². The summed E-state index contributed by atoms with van der Waals surface area (Å²) in [7, 11) is 1.66. The molecule has 18 heavy (non-hydrogen) atoms. The lowest BCUT2D eigenvalue weighted by atomic mass is 10.4. The number of ether oxygens (including phenoxy) is 3. The van der Waals surface area contributed by atoms with Crippen molar-refractivity contribution in [3.05, 3.63) is 21.3 Å². The van der Waals surface area contributed by atoms with Crippen molar-refractivity contribution in [1.29, 1.82) is 0 Å². The van der Waals surface area contributed by atoms with Crippen molar-refractivity contribution >= 4 is 22.9 Å². The lowest BCUT2D eigenvalue weighted by Gasteiger charge is -2.06. The molecule has 0 unspecified atom stereocenters. The third kappa shape index (κ3) is 8.02. The molecule has 0 aliphatic carbocycles. The fraction of sp³-hybridized carbons (Fsp3) is 0.667. The molecule has 0 radical (unpaired) electrons. The minimum atomic E-state index is 0.615. The number of methoxy groups -OCH3 is 1. The Morgan fingerprint density at radius 2 is 1.83 bits per heavy atom. The third-order valence-corrected chi connectivity index (χ3v) is 3.39. The first kappa shape index (κ1) is 15.9. The summed E-state index contributed by atoms with van der Waals surface area (Å²) < 4.78 is 16.4. The van der Waals surface area contributed by atoms with Gasteiger partial charge in [0.2, 0.25) is 0 Å². The van der Waals surface area contributed by atoms with E-state index in [1.807, 2.05) is 12.1 Å². The Morgan fingerprint density at radius 1 is 1.11 bits per heavy atom. The van der Waals surface area contributed by atoms with Crippen molar-refractivity contribution < 1.29 is 14.2 Å². The molecule has 0 saturated carbocycles. The highest BCUT2D eigenvalue weighted by molar-refractivity contribution is 7.16. The average molecular weight is 294 g/mol. The van der Waals surface area contributed by atoms with E-state index in [4.69, 9.17) is 25.8 Å². The molecule has 6 heteroatoms. The minimum absolute atomic E-state index is 0.615. The Morgan fingerprint density at radius 3 is 2.50 bits per heavy atom. The van der Waals surface area contributed by atoms with Gasteiger partial charge in [-0.15, -0.1) is 11.3 Å². The first-order chi connectivity index (χ1) is 8.83. The van der Waals surface area contributed by atoms with E-state index < -0.39 is 0 Å². The maximum absolute atomic E-state index is 5.84. The molecular weight excluding hydrogens is 274 g/mol. The maximum atomic E-state index is 5.84. The summed E-state index contributed by atoms with van der Waals surface area (Å²) in [6.07, 6.45) is 0. The van der Waals surface area contributed by atoms with Gasteiger partial charge in [-0.3, -0.25) is 0 Å². The zero-order chi connectivity index (χ0) is 13.1. The molecule has 104 valence electrons. The summed E-state index contributed by atoms with van der Waals surface area (Å²) in [5.41, 5.74) is 0. The maximum Gasteiger partial charge on any atom is 0.0931 e. The first-order valence-electron chi connectivity index (χ1n) is 5.92. The van der Waals surface area contributed by atoms with Gasteiger partial charge in [-0.25, -0.2) is 0 Å². The molecule has 0 bridgehead atoms. The van der Waals surface area contributed by atoms with Gasteiger partial charge >= 0.3 is 0 Å². The fourth-order valence-electron chi connectivity index (χ4n) is 1.27. The van der Waals surface area contributed by atoms with Crippen LogP contribution in [0.1, 0.15) is 4.88 Å². The number of thiophene rings is 1. The van der Waals surface area contributed by atoms with E-state index in [1.54, 1.807) is 18.4 Å². The van der Waals surface area contributed by atoms with Crippen molar-refractivity contribution in [1.82, 2.24) is 5.32 Å². The summed E-state index contributed by atoms with van der Waals surface area (Å²) in [4.78, 5) is 1.24. The van der Waals surface area contributed by atoms with Gasteiger partial charge in [0.25, 0.3) is 0 Å². The van der Waals surface area contributed by atoms with Crippen LogP contribution in [0.4, 0.5) is 0 Å². The summed E-state index contributed by atoms with van der Waals surface area (Å²) in [6, 6.07) is 3.95. The van der Waals surface area contributed by atoms with Crippen molar-refractivity contribution in [2.75, 3.05) is 46.7 Å². The molecule has 0 aromatic carbocycles. The quantitative estimate of drug-likeness (QED) is 0.635. The fourth-order valence-corrected chi connectivity index (χ4v) is 2.32. The molecule has 0 amide bonds. The Hall–Kier alpha value is -0.170. The largest absolute Gasteiger partial charge is 0.382 e. The Bertz CT molecular complexity index is 309. The number of nitrogens with one attached hydrogen (secondary N) is 1. The van der Waals surface area contributed by atoms with E-state index in [1.165, 1.54) is 4.88 Å². The topological polar surface area (TPSA) is 39.7 Å². The van der Waals surface area contributed by atoms with Gasteiger partial charge in [-0.2, -0.15) is 0 Å². The molecule has 0 spiro atoms. The predicted molar refractivity (Wildman–Crippen MR) is 74.5 cm³/mol. The third-order valence-electron chi connectivity index (χ3n) is 2.16. The molecule has 4 nitrogen and oxygen atoms in total. The van der Waals surface area contributed by atoms with E-state index in [0.29, 0.717) is 33.0 Å². The van der Waals surface area contributed by atoms with Crippen LogP contribution in [-0.2, 0) is 20.8 Å². The van der Waals surface area contributed by atoms with Crippen LogP contribution >= 0.6 is 22.9 Å². The number of hydrogen-bond acceptors (Lipinski definition) is 5. The monoisotopic (exact) mass is 293 g/mol. The van der Waals surface area contributed by atoms with Crippen LogP contribution in [0.15, 0.2) is 12.1 Å². The normalized spacial score (nSPS) is 11.0. The average Bonchev–Trinajstić information content (AvgIpc) is 2.77. The van der Waals surface area contributed by atoms with Gasteiger partial charge in [0.05, 0.1) is 37.4 Å². The zero-order valence-electron chi connectivity index (χ0n) is 10.6. The first-order valence-corrected chi connectivity index (χ1v) is 7.11. The molecule has 0 aliphatic rings. The second-order valence-corrected chi connectivity index (χ2v) is 5.40. The second-order valence-electron chi connectivity index (χ2n) is 3.60. The summed E-state index contributed by atoms with van der Waals surface area (Å²) >= 11 is 7.43. The summed E-state index contributed by atoms with van der Waals surface area (Å²) in [5.74, 6) is 0. The molecule has 1 aromatic rings. The van der Waals surface area contributed by atoms with E-state index in [-0.39, 0.29) is 0 Å². The van der Waals surface area contributed by atoms with Crippen LogP contribution in [-0.4, -0.2) is 46.7 Å². The van der Waals surface area contributed by atoms with Crippen molar-refractivity contribution in [2.45, 2.75) is 6.54 Å². The summed E-state index contributed by atoms with van der Waals surface area (Å²) in [6.45, 7) is 4.84. The highest BCUT2D eigenvalue weighted by Crippen LogP contribution is 2.20. The van der Waals surface area contributed by atoms with Gasteiger partial charge in [-0.1, -0.05) is 11.6 Å². The molecule has 0 saturated heterocycles. The molecule has 1 N–H and O–H groups in total. The standard InChI is InChI=1S/C12H20ClNO3S/c1-15-6-7-17-9-8-16-5-4-14-10-11-2-3-12(13)18-11/h2-3,14H,4-10H2,1H3. The number of hydrogen-bond donors (Lipinski definition) is 1. The number of rotatable bonds is 11. The van der Waals surface area contributed by atoms with Crippen LogP contribution in [0.25, 0.3) is 0 Å². The van der Waals surface area contributed by atoms with E-state index in [0.717, 1.165) is 17.4 Å². The Labute approximate surface area is 117 Å². The summed E-state index contributed by atoms with van der Waals surface area (Å²) in [5, 5.41) is 3.29. The SMILES string of the molecule is COCCOCCOCCNCc1ccc(Cl)s1.